The molecule has 1 aromatic carbocycles. The number of thiol groups is 2. The molecule has 0 spiro atoms. The summed E-state index contributed by atoms with van der Waals surface area (Å²) in [6.07, 6.45) is 2.81. The summed E-state index contributed by atoms with van der Waals surface area (Å²) in [5.41, 5.74) is 26.7. The van der Waals surface area contributed by atoms with E-state index in [1.165, 1.54) is 4.90 Å². The minimum absolute atomic E-state index is 0.00994. The molecular formula is C44H70N14O10S2. The SMILES string of the molecule is CC(C)[C@H](NC(=O)[C@H](Cc1ccccc1)NC(=O)C1(NC(=O)[C@@H](N)CS)CCCCC1)C(=O)N[C@@H](CC(N)=O)C(=O)N[C@@H](CS)C(=O)N1CCC[C@H]1C(=O)N[C@@H](CCCN=C(N)N)C(=O)NCC(N)=O. The molecule has 17 N–H and O–H groups in total. The van der Waals surface area contributed by atoms with Crippen molar-refractivity contribution in [3.8, 4) is 0 Å². The van der Waals surface area contributed by atoms with Gasteiger partial charge in [-0.05, 0) is 50.0 Å². The summed E-state index contributed by atoms with van der Waals surface area (Å²) < 4.78 is 0. The molecule has 1 aliphatic carbocycles. The third kappa shape index (κ3) is 18.0. The standard InChI is InChI=1S/C44H70N14O10S2/c1-24(2)34(56-38(64)28(19-25-11-5-3-6-12-25)55-42(68)44(15-7-4-8-16-44)57-35(61)26(45)22-69)40(66)53-29(20-32(46)59)37(63)54-30(23-70)41(67)58-18-10-14-31(58)39(65)52-27(13-9-17-50-43(48)49)36(62)51-21-33(47)60/h3,5-6,11-12,24,26-31,34,69-70H,4,7-10,13-23,45H2,1-2H3,(H2,46,59)(H2,47,60)(H,51,62)(H,52,65)(H,53,66)(H,54,63)(H,55,68)(H,56,64)(H,57,61)(H4,48,49,50)/t26-,27-,28-,29-,30-,31-,34-/m0/s1. The van der Waals surface area contributed by atoms with Gasteiger partial charge in [-0.25, -0.2) is 0 Å². The first-order valence-corrected chi connectivity index (χ1v) is 24.4. The topological polar surface area (TPSA) is 401 Å². The fourth-order valence-corrected chi connectivity index (χ4v) is 8.50. The van der Waals surface area contributed by atoms with Crippen molar-refractivity contribution >= 4 is 90.3 Å². The fourth-order valence-electron chi connectivity index (χ4n) is 8.09. The van der Waals surface area contributed by atoms with Crippen molar-refractivity contribution in [1.82, 2.24) is 42.1 Å². The number of nitrogens with two attached hydrogens (primary N) is 5. The number of carbonyl (C=O) groups is 10. The number of hydrogen-bond donors (Lipinski definition) is 14. The van der Waals surface area contributed by atoms with E-state index < -0.39 is 126 Å². The van der Waals surface area contributed by atoms with Gasteiger partial charge in [-0.1, -0.05) is 63.4 Å². The Morgan fingerprint density at radius 1 is 0.729 bits per heavy atom. The van der Waals surface area contributed by atoms with E-state index in [1.54, 1.807) is 44.2 Å². The van der Waals surface area contributed by atoms with Crippen LogP contribution in [0, 0.1) is 5.92 Å². The molecule has 2 fully saturated rings. The Morgan fingerprint density at radius 2 is 1.37 bits per heavy atom. The fraction of sp³-hybridized carbons (Fsp3) is 0.614. The number of amides is 10. The molecule has 1 heterocycles. The smallest absolute Gasteiger partial charge is 0.246 e. The van der Waals surface area contributed by atoms with Crippen LogP contribution in [0.15, 0.2) is 35.3 Å². The molecule has 7 atom stereocenters. The highest BCUT2D eigenvalue weighted by molar-refractivity contribution is 7.80. The Labute approximate surface area is 417 Å². The maximum Gasteiger partial charge on any atom is 0.246 e. The van der Waals surface area contributed by atoms with E-state index in [4.69, 9.17) is 28.7 Å². The molecule has 1 aliphatic heterocycles. The van der Waals surface area contributed by atoms with E-state index in [2.05, 4.69) is 67.5 Å². The number of benzene rings is 1. The molecule has 1 saturated carbocycles. The van der Waals surface area contributed by atoms with Crippen LogP contribution in [-0.2, 0) is 54.4 Å². The first-order valence-electron chi connectivity index (χ1n) is 23.2. The quantitative estimate of drug-likeness (QED) is 0.0173. The average molecular weight is 1020 g/mol. The van der Waals surface area contributed by atoms with Crippen LogP contribution >= 0.6 is 25.3 Å². The molecule has 0 aromatic heterocycles. The molecule has 3 rings (SSSR count). The summed E-state index contributed by atoms with van der Waals surface area (Å²) in [4.78, 5) is 139. The zero-order valence-corrected chi connectivity index (χ0v) is 41.4. The summed E-state index contributed by atoms with van der Waals surface area (Å²) >= 11 is 8.39. The maximum absolute atomic E-state index is 14.2. The zero-order valence-electron chi connectivity index (χ0n) is 39.6. The molecule has 0 unspecified atom stereocenters. The molecule has 0 bridgehead atoms. The number of nitrogens with one attached hydrogen (secondary N) is 7. The third-order valence-corrected chi connectivity index (χ3v) is 12.6. The number of aliphatic imine (C=N–C) groups is 1. The van der Waals surface area contributed by atoms with Crippen LogP contribution in [0.2, 0.25) is 0 Å². The van der Waals surface area contributed by atoms with Gasteiger partial charge in [0.25, 0.3) is 0 Å². The van der Waals surface area contributed by atoms with Gasteiger partial charge >= 0.3 is 0 Å². The lowest BCUT2D eigenvalue weighted by Crippen LogP contribution is -2.65. The van der Waals surface area contributed by atoms with Crippen LogP contribution in [0.5, 0.6) is 0 Å². The summed E-state index contributed by atoms with van der Waals surface area (Å²) in [6.45, 7) is 2.97. The molecule has 1 saturated heterocycles. The highest BCUT2D eigenvalue weighted by Crippen LogP contribution is 2.29. The number of carbonyl (C=O) groups excluding carboxylic acids is 10. The first kappa shape index (κ1) is 58.2. The number of likely N-dealkylation sites (tertiary alicyclic amines) is 1. The lowest BCUT2D eigenvalue weighted by Gasteiger charge is -2.38. The molecule has 26 heteroatoms. The molecule has 0 radical (unpaired) electrons. The van der Waals surface area contributed by atoms with Gasteiger partial charge in [-0.15, -0.1) is 0 Å². The van der Waals surface area contributed by atoms with Gasteiger partial charge in [0.1, 0.15) is 41.8 Å². The van der Waals surface area contributed by atoms with E-state index in [-0.39, 0.29) is 56.2 Å². The Hall–Kier alpha value is -6.15. The van der Waals surface area contributed by atoms with E-state index >= 15 is 0 Å². The van der Waals surface area contributed by atoms with Gasteiger partial charge < -0.3 is 70.8 Å². The zero-order chi connectivity index (χ0) is 52.1. The van der Waals surface area contributed by atoms with Crippen LogP contribution in [0.25, 0.3) is 0 Å². The third-order valence-electron chi connectivity index (χ3n) is 11.9. The minimum Gasteiger partial charge on any atom is -0.370 e. The summed E-state index contributed by atoms with van der Waals surface area (Å²) in [6, 6.07) is -0.0989. The first-order chi connectivity index (χ1) is 33.1. The summed E-state index contributed by atoms with van der Waals surface area (Å²) in [7, 11) is 0. The van der Waals surface area contributed by atoms with Crippen LogP contribution < -0.4 is 65.9 Å². The van der Waals surface area contributed by atoms with Crippen molar-refractivity contribution in [3.05, 3.63) is 35.9 Å². The Balaban J connectivity index is 1.80. The number of hydrogen-bond acceptors (Lipinski definition) is 14. The minimum atomic E-state index is -1.66. The number of nitrogens with zero attached hydrogens (tertiary/aromatic N) is 2. The molecule has 70 heavy (non-hydrogen) atoms. The van der Waals surface area contributed by atoms with Crippen molar-refractivity contribution < 1.29 is 47.9 Å². The van der Waals surface area contributed by atoms with Gasteiger partial charge in [-0.3, -0.25) is 52.9 Å². The summed E-state index contributed by atoms with van der Waals surface area (Å²) in [5, 5.41) is 18.3. The second-order valence-corrected chi connectivity index (χ2v) is 18.5. The highest BCUT2D eigenvalue weighted by Gasteiger charge is 2.44. The van der Waals surface area contributed by atoms with Crippen LogP contribution in [0.3, 0.4) is 0 Å². The molecular weight excluding hydrogens is 949 g/mol. The Kier molecular flexibility index (Phi) is 23.7. The van der Waals surface area contributed by atoms with E-state index in [1.807, 2.05) is 0 Å². The maximum atomic E-state index is 14.2. The van der Waals surface area contributed by atoms with E-state index in [9.17, 15) is 47.9 Å². The Bertz CT molecular complexity index is 2060. The van der Waals surface area contributed by atoms with E-state index in [0.29, 0.717) is 37.7 Å². The van der Waals surface area contributed by atoms with E-state index in [0.717, 1.165) is 6.42 Å². The van der Waals surface area contributed by atoms with Crippen LogP contribution in [0.4, 0.5) is 0 Å². The number of guanidine groups is 1. The lowest BCUT2D eigenvalue weighted by atomic mass is 9.80. The van der Waals surface area contributed by atoms with Crippen molar-refractivity contribution in [1.29, 1.82) is 0 Å². The van der Waals surface area contributed by atoms with Crippen molar-refractivity contribution in [2.75, 3.05) is 31.1 Å². The van der Waals surface area contributed by atoms with Gasteiger partial charge in [0, 0.05) is 31.0 Å². The van der Waals surface area contributed by atoms with Gasteiger partial charge in [0.05, 0.1) is 19.0 Å². The normalized spacial score (nSPS) is 17.7. The molecule has 10 amide bonds. The average Bonchev–Trinajstić information content (AvgIpc) is 3.82. The van der Waals surface area contributed by atoms with Crippen molar-refractivity contribution in [3.63, 3.8) is 0 Å². The van der Waals surface area contributed by atoms with Gasteiger partial charge in [-0.2, -0.15) is 25.3 Å². The van der Waals surface area contributed by atoms with Crippen molar-refractivity contribution in [2.24, 2.45) is 39.6 Å². The van der Waals surface area contributed by atoms with Crippen molar-refractivity contribution in [2.45, 2.75) is 132 Å². The highest BCUT2D eigenvalue weighted by atomic mass is 32.1. The van der Waals surface area contributed by atoms with Crippen LogP contribution in [0.1, 0.15) is 83.6 Å². The number of rotatable bonds is 27. The van der Waals surface area contributed by atoms with Crippen LogP contribution in [-0.4, -0.2) is 149 Å². The summed E-state index contributed by atoms with van der Waals surface area (Å²) in [5.74, 6) is -8.85. The number of primary amides is 2. The largest absolute Gasteiger partial charge is 0.370 e. The second-order valence-electron chi connectivity index (χ2n) is 17.7. The molecule has 1 aromatic rings. The molecule has 24 nitrogen and oxygen atoms in total. The second kappa shape index (κ2) is 28.5. The molecule has 388 valence electrons. The Morgan fingerprint density at radius 3 is 1.96 bits per heavy atom. The molecule has 2 aliphatic rings. The lowest BCUT2D eigenvalue weighted by molar-refractivity contribution is -0.142. The monoisotopic (exact) mass is 1020 g/mol. The van der Waals surface area contributed by atoms with Gasteiger partial charge in [0.15, 0.2) is 5.96 Å². The van der Waals surface area contributed by atoms with Gasteiger partial charge in [0.2, 0.25) is 59.1 Å². The predicted octanol–water partition coefficient (Wildman–Crippen LogP) is -4.16. The predicted molar refractivity (Wildman–Crippen MR) is 265 cm³/mol.